The maximum Gasteiger partial charge on any atom is 0.264 e. The molecule has 5 atom stereocenters. The van der Waals surface area contributed by atoms with Crippen LogP contribution in [0.25, 0.3) is 0 Å². The molecule has 0 radical (unpaired) electrons. The van der Waals surface area contributed by atoms with Crippen LogP contribution >= 0.6 is 11.6 Å². The number of hydrogen-bond donors (Lipinski definition) is 2. The number of hydrogen-bond acceptors (Lipinski definition) is 6. The number of carbonyl (C=O) groups is 1. The summed E-state index contributed by atoms with van der Waals surface area (Å²) in [5.41, 5.74) is 3.21. The third-order valence-electron chi connectivity index (χ3n) is 9.22. The van der Waals surface area contributed by atoms with Gasteiger partial charge in [0.25, 0.3) is 5.91 Å². The van der Waals surface area contributed by atoms with Crippen molar-refractivity contribution in [3.05, 3.63) is 83.4 Å². The van der Waals surface area contributed by atoms with E-state index in [0.29, 0.717) is 38.3 Å². The lowest BCUT2D eigenvalue weighted by molar-refractivity contribution is 0.0461. The van der Waals surface area contributed by atoms with Crippen LogP contribution in [0.1, 0.15) is 60.5 Å². The normalized spacial score (nSPS) is 24.7. The summed E-state index contributed by atoms with van der Waals surface area (Å²) in [5, 5.41) is 10.5. The second-order valence-electron chi connectivity index (χ2n) is 11.8. The first kappa shape index (κ1) is 29.7. The molecule has 1 spiro atoms. The number of benzene rings is 2. The molecule has 41 heavy (non-hydrogen) atoms. The summed E-state index contributed by atoms with van der Waals surface area (Å²) in [6, 6.07) is 11.2. The third kappa shape index (κ3) is 5.92. The topological polar surface area (TPSA) is 95.9 Å². The largest absolute Gasteiger partial charge is 0.490 e. The summed E-state index contributed by atoms with van der Waals surface area (Å²) < 4.78 is 34.3. The lowest BCUT2D eigenvalue weighted by Crippen LogP contribution is -2.47. The number of amides is 1. The van der Waals surface area contributed by atoms with E-state index in [-0.39, 0.29) is 22.8 Å². The number of fused-ring (bicyclic) bond motifs is 3. The first-order valence-corrected chi connectivity index (χ1v) is 16.3. The SMILES string of the molecule is C=CCCC(C)S(=O)(=O)NC(=O)c1ccc2c(c1)N(C[C@@H]1CC[C@@H]1C(O)C=C)CC1(CCc3cc(Cl)ccc31)CO2. The van der Waals surface area contributed by atoms with Gasteiger partial charge in [-0.25, -0.2) is 13.1 Å². The standard InChI is InChI=1S/C32H39ClN2O5S/c1-4-6-7-21(3)41(38,39)34-31(37)23-9-13-30-28(17-23)35(18-24-8-11-26(24)29(36)5-2)19-32(20-40-30)15-14-22-16-25(33)10-12-27(22)32/h4-5,9-10,12-13,16-17,21,24,26,29,36H,1-2,6-8,11,14-15,18-20H2,3H3,(H,34,37)/t21?,24-,26-,29?,32?/m0/s1. The van der Waals surface area contributed by atoms with Crippen LogP contribution in [0.5, 0.6) is 5.75 Å². The molecule has 1 saturated carbocycles. The van der Waals surface area contributed by atoms with Crippen molar-refractivity contribution >= 4 is 33.2 Å². The van der Waals surface area contributed by atoms with Gasteiger partial charge in [0, 0.05) is 29.1 Å². The van der Waals surface area contributed by atoms with Crippen LogP contribution in [0.2, 0.25) is 5.02 Å². The lowest BCUT2D eigenvalue weighted by Gasteiger charge is -2.43. The molecule has 1 amide bonds. The van der Waals surface area contributed by atoms with Gasteiger partial charge in [0.1, 0.15) is 5.75 Å². The van der Waals surface area contributed by atoms with Gasteiger partial charge in [-0.2, -0.15) is 0 Å². The zero-order valence-corrected chi connectivity index (χ0v) is 25.1. The molecular weight excluding hydrogens is 560 g/mol. The van der Waals surface area contributed by atoms with Crippen LogP contribution in [0, 0.1) is 11.8 Å². The van der Waals surface area contributed by atoms with Crippen molar-refractivity contribution in [3.8, 4) is 5.75 Å². The van der Waals surface area contributed by atoms with Crippen LogP contribution in [-0.4, -0.2) is 50.5 Å². The van der Waals surface area contributed by atoms with Crippen LogP contribution in [0.4, 0.5) is 5.69 Å². The Kier molecular flexibility index (Phi) is 8.56. The molecule has 0 aromatic heterocycles. The Morgan fingerprint density at radius 2 is 2.07 bits per heavy atom. The highest BCUT2D eigenvalue weighted by molar-refractivity contribution is 7.90. The molecule has 2 N–H and O–H groups in total. The fourth-order valence-corrected chi connectivity index (χ4v) is 7.76. The minimum atomic E-state index is -3.85. The number of nitrogens with zero attached hydrogens (tertiary/aromatic N) is 1. The number of carbonyl (C=O) groups excluding carboxylic acids is 1. The van der Waals surface area contributed by atoms with Crippen LogP contribution < -0.4 is 14.4 Å². The van der Waals surface area contributed by atoms with E-state index in [2.05, 4.69) is 28.8 Å². The predicted octanol–water partition coefficient (Wildman–Crippen LogP) is 5.41. The minimum absolute atomic E-state index is 0.124. The molecule has 1 heterocycles. The maximum atomic E-state index is 13.2. The van der Waals surface area contributed by atoms with E-state index in [1.165, 1.54) is 11.1 Å². The maximum absolute atomic E-state index is 13.2. The van der Waals surface area contributed by atoms with Gasteiger partial charge in [-0.3, -0.25) is 4.79 Å². The molecule has 2 aliphatic carbocycles. The Balaban J connectivity index is 1.47. The average Bonchev–Trinajstić information content (AvgIpc) is 3.19. The number of rotatable bonds is 10. The highest BCUT2D eigenvalue weighted by atomic mass is 35.5. The van der Waals surface area contributed by atoms with Crippen molar-refractivity contribution in [2.24, 2.45) is 11.8 Å². The van der Waals surface area contributed by atoms with Crippen molar-refractivity contribution in [1.82, 2.24) is 4.72 Å². The van der Waals surface area contributed by atoms with E-state index in [9.17, 15) is 18.3 Å². The number of aliphatic hydroxyl groups excluding tert-OH is 1. The lowest BCUT2D eigenvalue weighted by atomic mass is 9.70. The summed E-state index contributed by atoms with van der Waals surface area (Å²) >= 11 is 6.32. The Hall–Kier alpha value is -2.81. The zero-order valence-electron chi connectivity index (χ0n) is 23.5. The van der Waals surface area contributed by atoms with Gasteiger partial charge in [0.2, 0.25) is 10.0 Å². The van der Waals surface area contributed by atoms with Gasteiger partial charge in [-0.15, -0.1) is 13.2 Å². The molecule has 1 aliphatic heterocycles. The number of aryl methyl sites for hydroxylation is 1. The Bertz CT molecular complexity index is 1440. The number of anilines is 1. The minimum Gasteiger partial charge on any atom is -0.490 e. The van der Waals surface area contributed by atoms with E-state index < -0.39 is 27.3 Å². The van der Waals surface area contributed by atoms with Crippen LogP contribution in [0.3, 0.4) is 0 Å². The van der Waals surface area contributed by atoms with E-state index in [1.807, 2.05) is 12.1 Å². The second kappa shape index (κ2) is 11.8. The van der Waals surface area contributed by atoms with Crippen molar-refractivity contribution in [2.75, 3.05) is 24.6 Å². The van der Waals surface area contributed by atoms with Crippen LogP contribution in [0.15, 0.2) is 61.7 Å². The summed E-state index contributed by atoms with van der Waals surface area (Å²) in [4.78, 5) is 15.5. The molecule has 3 unspecified atom stereocenters. The van der Waals surface area contributed by atoms with Gasteiger partial charge in [0.15, 0.2) is 0 Å². The molecule has 9 heteroatoms. The van der Waals surface area contributed by atoms with Gasteiger partial charge in [-0.1, -0.05) is 29.8 Å². The third-order valence-corrected chi connectivity index (χ3v) is 11.2. The van der Waals surface area contributed by atoms with Gasteiger partial charge >= 0.3 is 0 Å². The van der Waals surface area contributed by atoms with E-state index in [0.717, 1.165) is 36.4 Å². The van der Waals surface area contributed by atoms with Crippen molar-refractivity contribution < 1.29 is 23.1 Å². The number of aliphatic hydroxyl groups is 1. The molecule has 2 aromatic rings. The molecule has 220 valence electrons. The first-order valence-electron chi connectivity index (χ1n) is 14.3. The molecule has 2 aromatic carbocycles. The second-order valence-corrected chi connectivity index (χ2v) is 14.3. The fourth-order valence-electron chi connectivity index (χ4n) is 6.54. The van der Waals surface area contributed by atoms with Crippen LogP contribution in [-0.2, 0) is 21.9 Å². The molecular formula is C32H39ClN2O5S. The molecule has 7 nitrogen and oxygen atoms in total. The fraction of sp³-hybridized carbons (Fsp3) is 0.469. The van der Waals surface area contributed by atoms with E-state index in [4.69, 9.17) is 16.3 Å². The van der Waals surface area contributed by atoms with E-state index >= 15 is 0 Å². The van der Waals surface area contributed by atoms with Gasteiger partial charge in [0.05, 0.1) is 23.6 Å². The highest BCUT2D eigenvalue weighted by Crippen LogP contribution is 2.47. The van der Waals surface area contributed by atoms with Gasteiger partial charge < -0.3 is 14.7 Å². The van der Waals surface area contributed by atoms with Gasteiger partial charge in [-0.05, 0) is 98.7 Å². The highest BCUT2D eigenvalue weighted by Gasteiger charge is 2.45. The zero-order chi connectivity index (χ0) is 29.4. The smallest absolute Gasteiger partial charge is 0.264 e. The summed E-state index contributed by atoms with van der Waals surface area (Å²) in [6.07, 6.45) is 7.37. The first-order chi connectivity index (χ1) is 19.6. The Morgan fingerprint density at radius 3 is 2.78 bits per heavy atom. The number of allylic oxidation sites excluding steroid dienone is 1. The number of nitrogens with one attached hydrogen (secondary N) is 1. The molecule has 1 fully saturated rings. The number of halogens is 1. The predicted molar refractivity (Wildman–Crippen MR) is 163 cm³/mol. The van der Waals surface area contributed by atoms with Crippen molar-refractivity contribution in [2.45, 2.75) is 62.2 Å². The molecule has 0 saturated heterocycles. The molecule has 5 rings (SSSR count). The molecule has 3 aliphatic rings. The number of ether oxygens (including phenoxy) is 1. The Labute approximate surface area is 248 Å². The molecule has 0 bridgehead atoms. The van der Waals surface area contributed by atoms with E-state index in [1.54, 1.807) is 37.3 Å². The summed E-state index contributed by atoms with van der Waals surface area (Å²) in [6.45, 7) is 10.8. The average molecular weight is 599 g/mol. The summed E-state index contributed by atoms with van der Waals surface area (Å²) in [5.74, 6) is 0.366. The quantitative estimate of drug-likeness (QED) is 0.355. The monoisotopic (exact) mass is 598 g/mol. The van der Waals surface area contributed by atoms with Crippen molar-refractivity contribution in [3.63, 3.8) is 0 Å². The Morgan fingerprint density at radius 1 is 1.27 bits per heavy atom. The summed E-state index contributed by atoms with van der Waals surface area (Å²) in [7, 11) is -3.85. The number of sulfonamides is 1. The van der Waals surface area contributed by atoms with Crippen molar-refractivity contribution in [1.29, 1.82) is 0 Å².